The van der Waals surface area contributed by atoms with Gasteiger partial charge in [0, 0.05) is 12.0 Å². The standard InChI is InChI=1S/C21H15N3O3S/c25-18-10-9-17-19(23-18)28-20(22-17)24-21(26)27-11-16-14-7-3-1-5-12(14)13-6-2-4-8-15(13)16/h1-10,16H,11H2,(H,23,25)(H,22,24,26). The van der Waals surface area contributed by atoms with Gasteiger partial charge in [-0.05, 0) is 28.3 Å². The van der Waals surface area contributed by atoms with E-state index in [-0.39, 0.29) is 18.1 Å². The minimum atomic E-state index is -0.566. The number of hydrogen-bond acceptors (Lipinski definition) is 5. The minimum Gasteiger partial charge on any atom is -0.448 e. The maximum atomic E-state index is 12.3. The summed E-state index contributed by atoms with van der Waals surface area (Å²) in [5.74, 6) is 0.00451. The zero-order valence-corrected chi connectivity index (χ0v) is 15.5. The molecule has 0 aliphatic heterocycles. The van der Waals surface area contributed by atoms with Crippen LogP contribution in [0.4, 0.5) is 9.93 Å². The molecule has 0 unspecified atom stereocenters. The Morgan fingerprint density at radius 3 is 2.43 bits per heavy atom. The molecule has 0 radical (unpaired) electrons. The minimum absolute atomic E-state index is 0.00451. The molecule has 5 rings (SSSR count). The molecule has 4 aromatic rings. The molecule has 1 amide bonds. The van der Waals surface area contributed by atoms with Crippen molar-refractivity contribution in [2.75, 3.05) is 11.9 Å². The number of fused-ring (bicyclic) bond motifs is 4. The number of anilines is 1. The number of carbonyl (C=O) groups excluding carboxylic acids is 1. The summed E-state index contributed by atoms with van der Waals surface area (Å²) in [5, 5.41) is 3.03. The van der Waals surface area contributed by atoms with Crippen molar-refractivity contribution >= 4 is 32.9 Å². The molecule has 2 N–H and O–H groups in total. The summed E-state index contributed by atoms with van der Waals surface area (Å²) < 4.78 is 5.51. The van der Waals surface area contributed by atoms with Crippen LogP contribution in [0, 0.1) is 0 Å². The number of ether oxygens (including phenoxy) is 1. The Kier molecular flexibility index (Phi) is 3.95. The largest absolute Gasteiger partial charge is 0.448 e. The van der Waals surface area contributed by atoms with Gasteiger partial charge in [0.15, 0.2) is 5.13 Å². The lowest BCUT2D eigenvalue weighted by Gasteiger charge is -2.14. The van der Waals surface area contributed by atoms with Gasteiger partial charge in [-0.1, -0.05) is 59.9 Å². The van der Waals surface area contributed by atoms with Gasteiger partial charge in [0.2, 0.25) is 5.56 Å². The maximum absolute atomic E-state index is 12.3. The van der Waals surface area contributed by atoms with Gasteiger partial charge in [-0.2, -0.15) is 0 Å². The van der Waals surface area contributed by atoms with Gasteiger partial charge in [0.25, 0.3) is 0 Å². The first-order valence-electron chi connectivity index (χ1n) is 8.81. The summed E-state index contributed by atoms with van der Waals surface area (Å²) in [6.07, 6.45) is -0.566. The van der Waals surface area contributed by atoms with Crippen molar-refractivity contribution in [3.8, 4) is 11.1 Å². The van der Waals surface area contributed by atoms with E-state index in [0.717, 1.165) is 11.1 Å². The van der Waals surface area contributed by atoms with Crippen molar-refractivity contribution in [1.29, 1.82) is 0 Å². The highest BCUT2D eigenvalue weighted by molar-refractivity contribution is 7.21. The first-order chi connectivity index (χ1) is 13.7. The quantitative estimate of drug-likeness (QED) is 0.546. The highest BCUT2D eigenvalue weighted by Gasteiger charge is 2.29. The van der Waals surface area contributed by atoms with Crippen LogP contribution in [0.5, 0.6) is 0 Å². The van der Waals surface area contributed by atoms with Crippen LogP contribution in [0.3, 0.4) is 0 Å². The Hall–Kier alpha value is -3.45. The smallest absolute Gasteiger partial charge is 0.413 e. The predicted octanol–water partition coefficient (Wildman–Crippen LogP) is 4.35. The van der Waals surface area contributed by atoms with Crippen molar-refractivity contribution in [3.05, 3.63) is 82.1 Å². The number of nitrogens with one attached hydrogen (secondary N) is 2. The van der Waals surface area contributed by atoms with Gasteiger partial charge in [-0.25, -0.2) is 9.78 Å². The Labute approximate surface area is 163 Å². The van der Waals surface area contributed by atoms with Gasteiger partial charge in [-0.3, -0.25) is 10.1 Å². The zero-order chi connectivity index (χ0) is 19.1. The summed E-state index contributed by atoms with van der Waals surface area (Å²) in [6, 6.07) is 19.4. The maximum Gasteiger partial charge on any atom is 0.413 e. The summed E-state index contributed by atoms with van der Waals surface area (Å²) in [7, 11) is 0. The van der Waals surface area contributed by atoms with E-state index >= 15 is 0 Å². The average Bonchev–Trinajstić information content (AvgIpc) is 3.24. The molecular weight excluding hydrogens is 374 g/mol. The van der Waals surface area contributed by atoms with Crippen LogP contribution in [0.25, 0.3) is 21.5 Å². The topological polar surface area (TPSA) is 84.1 Å². The summed E-state index contributed by atoms with van der Waals surface area (Å²) in [4.78, 5) is 31.3. The van der Waals surface area contributed by atoms with Crippen LogP contribution >= 0.6 is 11.3 Å². The fourth-order valence-corrected chi connectivity index (χ4v) is 4.46. The number of carbonyl (C=O) groups is 1. The Bertz CT molecular complexity index is 1220. The fraction of sp³-hybridized carbons (Fsp3) is 0.0952. The Balaban J connectivity index is 1.33. The van der Waals surface area contributed by atoms with Crippen molar-refractivity contribution in [2.24, 2.45) is 0 Å². The predicted molar refractivity (Wildman–Crippen MR) is 109 cm³/mol. The molecule has 0 bridgehead atoms. The van der Waals surface area contributed by atoms with Crippen LogP contribution in [-0.4, -0.2) is 22.7 Å². The molecule has 0 atom stereocenters. The molecular formula is C21H15N3O3S. The number of hydrogen-bond donors (Lipinski definition) is 2. The van der Waals surface area contributed by atoms with E-state index in [1.807, 2.05) is 24.3 Å². The molecule has 0 saturated carbocycles. The van der Waals surface area contributed by atoms with Crippen LogP contribution in [0.15, 0.2) is 65.5 Å². The van der Waals surface area contributed by atoms with E-state index in [2.05, 4.69) is 39.6 Å². The van der Waals surface area contributed by atoms with E-state index in [4.69, 9.17) is 4.74 Å². The Morgan fingerprint density at radius 1 is 1.04 bits per heavy atom. The number of benzene rings is 2. The number of aromatic nitrogens is 2. The van der Waals surface area contributed by atoms with E-state index in [1.54, 1.807) is 6.07 Å². The number of amides is 1. The lowest BCUT2D eigenvalue weighted by Crippen LogP contribution is -2.17. The highest BCUT2D eigenvalue weighted by atomic mass is 32.1. The van der Waals surface area contributed by atoms with Gasteiger partial charge in [0.05, 0.1) is 0 Å². The molecule has 0 saturated heterocycles. The number of pyridine rings is 1. The van der Waals surface area contributed by atoms with Gasteiger partial charge in [0.1, 0.15) is 17.0 Å². The molecule has 2 aromatic heterocycles. The molecule has 1 aliphatic rings. The van der Waals surface area contributed by atoms with E-state index in [0.29, 0.717) is 15.5 Å². The molecule has 0 spiro atoms. The molecule has 2 aromatic carbocycles. The number of nitrogens with zero attached hydrogens (tertiary/aromatic N) is 1. The van der Waals surface area contributed by atoms with Crippen LogP contribution in [-0.2, 0) is 4.74 Å². The molecule has 6 nitrogen and oxygen atoms in total. The second kappa shape index (κ2) is 6.61. The van der Waals surface area contributed by atoms with Gasteiger partial charge in [-0.15, -0.1) is 0 Å². The lowest BCUT2D eigenvalue weighted by atomic mass is 9.98. The molecule has 138 valence electrons. The third-order valence-corrected chi connectivity index (χ3v) is 5.74. The number of thiazole rings is 1. The Morgan fingerprint density at radius 2 is 1.71 bits per heavy atom. The van der Waals surface area contributed by atoms with Crippen molar-refractivity contribution in [2.45, 2.75) is 5.92 Å². The van der Waals surface area contributed by atoms with Crippen molar-refractivity contribution in [3.63, 3.8) is 0 Å². The van der Waals surface area contributed by atoms with Crippen LogP contribution in [0.2, 0.25) is 0 Å². The summed E-state index contributed by atoms with van der Waals surface area (Å²) >= 11 is 1.20. The zero-order valence-electron chi connectivity index (χ0n) is 14.6. The van der Waals surface area contributed by atoms with Gasteiger partial charge >= 0.3 is 6.09 Å². The first-order valence-corrected chi connectivity index (χ1v) is 9.62. The SMILES string of the molecule is O=C(Nc1nc2ccc(=O)[nH]c2s1)OCC1c2ccccc2-c2ccccc21. The fourth-order valence-electron chi connectivity index (χ4n) is 3.62. The monoisotopic (exact) mass is 389 g/mol. The van der Waals surface area contributed by atoms with E-state index < -0.39 is 6.09 Å². The normalized spacial score (nSPS) is 12.6. The number of aromatic amines is 1. The molecule has 0 fully saturated rings. The molecule has 7 heteroatoms. The second-order valence-electron chi connectivity index (χ2n) is 6.51. The molecule has 2 heterocycles. The summed E-state index contributed by atoms with van der Waals surface area (Å²) in [6.45, 7) is 0.238. The molecule has 1 aliphatic carbocycles. The third-order valence-electron chi connectivity index (χ3n) is 4.84. The van der Waals surface area contributed by atoms with Crippen LogP contribution in [0.1, 0.15) is 17.0 Å². The van der Waals surface area contributed by atoms with Crippen molar-refractivity contribution < 1.29 is 9.53 Å². The summed E-state index contributed by atoms with van der Waals surface area (Å²) in [5.41, 5.74) is 5.11. The second-order valence-corrected chi connectivity index (χ2v) is 7.51. The average molecular weight is 389 g/mol. The van der Waals surface area contributed by atoms with E-state index in [9.17, 15) is 9.59 Å². The molecule has 28 heavy (non-hydrogen) atoms. The van der Waals surface area contributed by atoms with Crippen LogP contribution < -0.4 is 10.9 Å². The third kappa shape index (κ3) is 2.86. The highest BCUT2D eigenvalue weighted by Crippen LogP contribution is 2.44. The van der Waals surface area contributed by atoms with Crippen molar-refractivity contribution in [1.82, 2.24) is 9.97 Å². The van der Waals surface area contributed by atoms with Gasteiger partial charge < -0.3 is 9.72 Å². The van der Waals surface area contributed by atoms with E-state index in [1.165, 1.54) is 28.5 Å². The first kappa shape index (κ1) is 16.7. The lowest BCUT2D eigenvalue weighted by molar-refractivity contribution is 0.158. The number of rotatable bonds is 3. The number of H-pyrrole nitrogens is 1.